The smallest absolute Gasteiger partial charge is 0.119 e. The van der Waals surface area contributed by atoms with Gasteiger partial charge in [-0.3, -0.25) is 9.58 Å². The van der Waals surface area contributed by atoms with Crippen molar-refractivity contribution in [2.75, 3.05) is 20.2 Å². The summed E-state index contributed by atoms with van der Waals surface area (Å²) >= 11 is 0. The largest absolute Gasteiger partial charge is 0.497 e. The van der Waals surface area contributed by atoms with Gasteiger partial charge < -0.3 is 4.74 Å². The van der Waals surface area contributed by atoms with E-state index < -0.39 is 0 Å². The zero-order chi connectivity index (χ0) is 18.1. The molecule has 1 aliphatic heterocycles. The quantitative estimate of drug-likeness (QED) is 0.708. The van der Waals surface area contributed by atoms with Gasteiger partial charge in [0.15, 0.2) is 0 Å². The zero-order valence-corrected chi connectivity index (χ0v) is 15.6. The van der Waals surface area contributed by atoms with Crippen molar-refractivity contribution in [3.05, 3.63) is 59.7 Å². The van der Waals surface area contributed by atoms with E-state index in [1.165, 1.54) is 11.3 Å². The van der Waals surface area contributed by atoms with E-state index in [0.717, 1.165) is 43.2 Å². The molecule has 0 bridgehead atoms. The Bertz CT molecular complexity index is 884. The number of nitrogens with zero attached hydrogens (tertiary/aromatic N) is 5. The Kier molecular flexibility index (Phi) is 4.51. The van der Waals surface area contributed by atoms with Gasteiger partial charge in [-0.1, -0.05) is 0 Å². The topological polar surface area (TPSA) is 48.1 Å². The fourth-order valence-electron chi connectivity index (χ4n) is 3.86. The Morgan fingerprint density at radius 1 is 1.23 bits per heavy atom. The van der Waals surface area contributed by atoms with Gasteiger partial charge in [0, 0.05) is 37.7 Å². The fourth-order valence-corrected chi connectivity index (χ4v) is 3.86. The zero-order valence-electron chi connectivity index (χ0n) is 15.6. The number of benzene rings is 1. The highest BCUT2D eigenvalue weighted by atomic mass is 16.5. The average Bonchev–Trinajstić information content (AvgIpc) is 3.36. The summed E-state index contributed by atoms with van der Waals surface area (Å²) in [7, 11) is 1.71. The van der Waals surface area contributed by atoms with Gasteiger partial charge in [0.05, 0.1) is 24.5 Å². The molecule has 6 heteroatoms. The summed E-state index contributed by atoms with van der Waals surface area (Å²) < 4.78 is 9.55. The molecule has 1 atom stereocenters. The minimum Gasteiger partial charge on any atom is -0.497 e. The molecule has 1 aliphatic rings. The molecule has 4 rings (SSSR count). The van der Waals surface area contributed by atoms with Crippen LogP contribution in [0.5, 0.6) is 5.75 Å². The molecule has 0 radical (unpaired) electrons. The van der Waals surface area contributed by atoms with Gasteiger partial charge in [-0.05, 0) is 56.2 Å². The van der Waals surface area contributed by atoms with Gasteiger partial charge >= 0.3 is 0 Å². The maximum atomic E-state index is 5.44. The number of aromatic nitrogens is 4. The van der Waals surface area contributed by atoms with Crippen molar-refractivity contribution >= 4 is 0 Å². The molecule has 1 aromatic carbocycles. The van der Waals surface area contributed by atoms with Gasteiger partial charge in [0.25, 0.3) is 0 Å². The van der Waals surface area contributed by atoms with Crippen LogP contribution in [-0.2, 0) is 6.54 Å². The summed E-state index contributed by atoms with van der Waals surface area (Å²) in [5.41, 5.74) is 4.66. The van der Waals surface area contributed by atoms with Crippen LogP contribution in [0.3, 0.4) is 0 Å². The normalized spacial score (nSPS) is 17.7. The molecule has 1 saturated heterocycles. The van der Waals surface area contributed by atoms with Crippen molar-refractivity contribution < 1.29 is 4.74 Å². The predicted octanol–water partition coefficient (Wildman–Crippen LogP) is 3.14. The summed E-state index contributed by atoms with van der Waals surface area (Å²) in [6, 6.07) is 10.7. The molecular formula is C20H25N5O. The Labute approximate surface area is 154 Å². The third-order valence-corrected chi connectivity index (χ3v) is 5.07. The minimum absolute atomic E-state index is 0.447. The lowest BCUT2D eigenvalue weighted by Gasteiger charge is -2.19. The Morgan fingerprint density at radius 2 is 2.12 bits per heavy atom. The summed E-state index contributed by atoms with van der Waals surface area (Å²) in [4.78, 5) is 2.49. The molecule has 26 heavy (non-hydrogen) atoms. The lowest BCUT2D eigenvalue weighted by molar-refractivity contribution is 0.309. The highest BCUT2D eigenvalue weighted by Crippen LogP contribution is 2.27. The van der Waals surface area contributed by atoms with Crippen molar-refractivity contribution in [2.24, 2.45) is 0 Å². The first-order chi connectivity index (χ1) is 12.6. The highest BCUT2D eigenvalue weighted by Gasteiger charge is 2.26. The second kappa shape index (κ2) is 6.96. The van der Waals surface area contributed by atoms with Gasteiger partial charge in [0.2, 0.25) is 0 Å². The molecule has 3 heterocycles. The van der Waals surface area contributed by atoms with E-state index in [2.05, 4.69) is 51.8 Å². The molecule has 3 aromatic rings. The van der Waals surface area contributed by atoms with Crippen LogP contribution in [0.2, 0.25) is 0 Å². The number of aryl methyl sites for hydroxylation is 2. The molecule has 6 nitrogen and oxygen atoms in total. The summed E-state index contributed by atoms with van der Waals surface area (Å²) in [6.07, 6.45) is 4.92. The van der Waals surface area contributed by atoms with Crippen molar-refractivity contribution in [3.63, 3.8) is 0 Å². The van der Waals surface area contributed by atoms with Crippen LogP contribution in [0.1, 0.15) is 29.4 Å². The number of ether oxygens (including phenoxy) is 1. The van der Waals surface area contributed by atoms with E-state index in [0.29, 0.717) is 6.04 Å². The fraction of sp³-hybridized carbons (Fsp3) is 0.400. The van der Waals surface area contributed by atoms with Crippen LogP contribution in [0.25, 0.3) is 5.69 Å². The molecule has 1 fully saturated rings. The van der Waals surface area contributed by atoms with E-state index in [4.69, 9.17) is 4.74 Å². The number of hydrogen-bond donors (Lipinski definition) is 0. The van der Waals surface area contributed by atoms with Crippen LogP contribution >= 0.6 is 0 Å². The maximum Gasteiger partial charge on any atom is 0.119 e. The molecule has 0 spiro atoms. The van der Waals surface area contributed by atoms with Crippen molar-refractivity contribution in [1.82, 2.24) is 24.5 Å². The second-order valence-corrected chi connectivity index (χ2v) is 6.99. The van der Waals surface area contributed by atoms with Gasteiger partial charge in [-0.2, -0.15) is 10.2 Å². The first-order valence-electron chi connectivity index (χ1n) is 9.06. The molecule has 2 aromatic heterocycles. The summed E-state index contributed by atoms with van der Waals surface area (Å²) in [6.45, 7) is 7.15. The second-order valence-electron chi connectivity index (χ2n) is 6.99. The molecule has 0 N–H and O–H groups in total. The standard InChI is InChI=1S/C20H25N5O/c1-15-11-16(2)25(22-15)18-7-10-23(14-18)13-17-12-19(26-3)5-6-20(17)24-9-4-8-21-24/h4-6,8-9,11-12,18H,7,10,13-14H2,1-3H3. The lowest BCUT2D eigenvalue weighted by atomic mass is 10.1. The van der Waals surface area contributed by atoms with E-state index in [9.17, 15) is 0 Å². The summed E-state index contributed by atoms with van der Waals surface area (Å²) in [5.74, 6) is 0.880. The molecule has 0 aliphatic carbocycles. The molecule has 1 unspecified atom stereocenters. The van der Waals surface area contributed by atoms with Gasteiger partial charge in [0.1, 0.15) is 5.75 Å². The number of rotatable bonds is 5. The van der Waals surface area contributed by atoms with E-state index in [1.807, 2.05) is 29.2 Å². The first kappa shape index (κ1) is 16.8. The first-order valence-corrected chi connectivity index (χ1v) is 9.06. The third-order valence-electron chi connectivity index (χ3n) is 5.07. The van der Waals surface area contributed by atoms with Crippen LogP contribution in [0, 0.1) is 13.8 Å². The lowest BCUT2D eigenvalue weighted by Crippen LogP contribution is -2.23. The predicted molar refractivity (Wildman–Crippen MR) is 101 cm³/mol. The molecule has 0 saturated carbocycles. The highest BCUT2D eigenvalue weighted by molar-refractivity contribution is 5.45. The SMILES string of the molecule is COc1ccc(-n2cccn2)c(CN2CCC(n3nc(C)cc3C)C2)c1. The van der Waals surface area contributed by atoms with Crippen molar-refractivity contribution in [3.8, 4) is 11.4 Å². The number of methoxy groups -OCH3 is 1. The summed E-state index contributed by atoms with van der Waals surface area (Å²) in [5, 5.41) is 9.07. The van der Waals surface area contributed by atoms with E-state index >= 15 is 0 Å². The van der Waals surface area contributed by atoms with Crippen molar-refractivity contribution in [1.29, 1.82) is 0 Å². The van der Waals surface area contributed by atoms with Crippen molar-refractivity contribution in [2.45, 2.75) is 32.9 Å². The molecular weight excluding hydrogens is 326 g/mol. The van der Waals surface area contributed by atoms with Crippen LogP contribution in [0.15, 0.2) is 42.7 Å². The minimum atomic E-state index is 0.447. The maximum absolute atomic E-state index is 5.44. The Morgan fingerprint density at radius 3 is 2.81 bits per heavy atom. The number of likely N-dealkylation sites (tertiary alicyclic amines) is 1. The monoisotopic (exact) mass is 351 g/mol. The molecule has 0 amide bonds. The third kappa shape index (κ3) is 3.24. The molecule has 136 valence electrons. The van der Waals surface area contributed by atoms with Crippen LogP contribution < -0.4 is 4.74 Å². The van der Waals surface area contributed by atoms with Crippen LogP contribution in [-0.4, -0.2) is 44.7 Å². The van der Waals surface area contributed by atoms with E-state index in [-0.39, 0.29) is 0 Å². The number of hydrogen-bond acceptors (Lipinski definition) is 4. The van der Waals surface area contributed by atoms with Gasteiger partial charge in [-0.15, -0.1) is 0 Å². The van der Waals surface area contributed by atoms with E-state index in [1.54, 1.807) is 7.11 Å². The Balaban J connectivity index is 1.55. The van der Waals surface area contributed by atoms with Crippen LogP contribution in [0.4, 0.5) is 0 Å². The average molecular weight is 351 g/mol. The van der Waals surface area contributed by atoms with Gasteiger partial charge in [-0.25, -0.2) is 4.68 Å². The Hall–Kier alpha value is -2.60.